The highest BCUT2D eigenvalue weighted by molar-refractivity contribution is 4.93. The standard InChI is InChI=1S/C17H28O2/c1-3-12-5-7-16(18)14(9-12)11-15-10-13(4-2)6-8-17(15)19/h3-4,12-19H,1-2,5-11H2. The van der Waals surface area contributed by atoms with Crippen molar-refractivity contribution < 1.29 is 10.2 Å². The number of allylic oxidation sites excluding steroid dienone is 2. The average molecular weight is 264 g/mol. The van der Waals surface area contributed by atoms with Gasteiger partial charge in [0.25, 0.3) is 0 Å². The molecule has 2 nitrogen and oxygen atoms in total. The number of aliphatic hydroxyl groups is 2. The molecule has 0 saturated heterocycles. The van der Waals surface area contributed by atoms with Crippen molar-refractivity contribution in [2.24, 2.45) is 23.7 Å². The highest BCUT2D eigenvalue weighted by Gasteiger charge is 2.34. The molecule has 6 atom stereocenters. The predicted molar refractivity (Wildman–Crippen MR) is 78.7 cm³/mol. The molecule has 6 unspecified atom stereocenters. The quantitative estimate of drug-likeness (QED) is 0.765. The number of hydrogen-bond donors (Lipinski definition) is 2. The van der Waals surface area contributed by atoms with Crippen LogP contribution in [0.25, 0.3) is 0 Å². The molecular formula is C17H28O2. The summed E-state index contributed by atoms with van der Waals surface area (Å²) in [4.78, 5) is 0. The Balaban J connectivity index is 1.93. The summed E-state index contributed by atoms with van der Waals surface area (Å²) in [5, 5.41) is 20.4. The van der Waals surface area contributed by atoms with Gasteiger partial charge in [-0.25, -0.2) is 0 Å². The van der Waals surface area contributed by atoms with Crippen molar-refractivity contribution in [1.82, 2.24) is 0 Å². The van der Waals surface area contributed by atoms with Crippen LogP contribution in [0.3, 0.4) is 0 Å². The molecule has 108 valence electrons. The van der Waals surface area contributed by atoms with E-state index in [-0.39, 0.29) is 12.2 Å². The Morgan fingerprint density at radius 2 is 1.21 bits per heavy atom. The fraction of sp³-hybridized carbons (Fsp3) is 0.765. The first-order valence-electron chi connectivity index (χ1n) is 7.75. The van der Waals surface area contributed by atoms with Gasteiger partial charge in [0.15, 0.2) is 0 Å². The number of aliphatic hydroxyl groups excluding tert-OH is 2. The van der Waals surface area contributed by atoms with Crippen LogP contribution < -0.4 is 0 Å². The highest BCUT2D eigenvalue weighted by Crippen LogP contribution is 2.39. The second kappa shape index (κ2) is 6.71. The summed E-state index contributed by atoms with van der Waals surface area (Å²) in [6, 6.07) is 0. The molecule has 19 heavy (non-hydrogen) atoms. The summed E-state index contributed by atoms with van der Waals surface area (Å²) in [5.74, 6) is 1.76. The van der Waals surface area contributed by atoms with E-state index in [1.165, 1.54) is 0 Å². The lowest BCUT2D eigenvalue weighted by Gasteiger charge is -2.38. The van der Waals surface area contributed by atoms with Crippen molar-refractivity contribution in [3.8, 4) is 0 Å². The van der Waals surface area contributed by atoms with E-state index in [0.29, 0.717) is 23.7 Å². The second-order valence-corrected chi connectivity index (χ2v) is 6.51. The Morgan fingerprint density at radius 3 is 1.58 bits per heavy atom. The first-order chi connectivity index (χ1) is 9.13. The molecule has 2 heteroatoms. The van der Waals surface area contributed by atoms with E-state index >= 15 is 0 Å². The van der Waals surface area contributed by atoms with Crippen LogP contribution in [0.5, 0.6) is 0 Å². The number of rotatable bonds is 4. The highest BCUT2D eigenvalue weighted by atomic mass is 16.3. The third-order valence-electron chi connectivity index (χ3n) is 5.24. The lowest BCUT2D eigenvalue weighted by Crippen LogP contribution is -2.35. The van der Waals surface area contributed by atoms with E-state index < -0.39 is 0 Å². The van der Waals surface area contributed by atoms with Gasteiger partial charge in [-0.05, 0) is 68.6 Å². The lowest BCUT2D eigenvalue weighted by atomic mass is 9.70. The molecule has 2 N–H and O–H groups in total. The monoisotopic (exact) mass is 264 g/mol. The second-order valence-electron chi connectivity index (χ2n) is 6.51. The lowest BCUT2D eigenvalue weighted by molar-refractivity contribution is 0.000948. The Hall–Kier alpha value is -0.600. The molecule has 0 aromatic heterocycles. The maximum Gasteiger partial charge on any atom is 0.0568 e. The summed E-state index contributed by atoms with van der Waals surface area (Å²) >= 11 is 0. The molecule has 0 amide bonds. The van der Waals surface area contributed by atoms with Crippen molar-refractivity contribution >= 4 is 0 Å². The van der Waals surface area contributed by atoms with E-state index in [1.54, 1.807) is 0 Å². The van der Waals surface area contributed by atoms with E-state index in [4.69, 9.17) is 0 Å². The third kappa shape index (κ3) is 3.70. The Bertz CT molecular complexity index is 282. The fourth-order valence-electron chi connectivity index (χ4n) is 3.89. The van der Waals surface area contributed by atoms with Gasteiger partial charge < -0.3 is 10.2 Å². The minimum atomic E-state index is -0.187. The van der Waals surface area contributed by atoms with Crippen molar-refractivity contribution in [1.29, 1.82) is 0 Å². The van der Waals surface area contributed by atoms with Gasteiger partial charge in [-0.1, -0.05) is 12.2 Å². The zero-order valence-electron chi connectivity index (χ0n) is 11.9. The molecule has 0 bridgehead atoms. The molecule has 2 aliphatic carbocycles. The summed E-state index contributed by atoms with van der Waals surface area (Å²) in [7, 11) is 0. The minimum absolute atomic E-state index is 0.187. The Labute approximate surface area is 117 Å². The van der Waals surface area contributed by atoms with Gasteiger partial charge in [0.1, 0.15) is 0 Å². The first-order valence-corrected chi connectivity index (χ1v) is 7.75. The van der Waals surface area contributed by atoms with Crippen molar-refractivity contribution in [3.63, 3.8) is 0 Å². The molecular weight excluding hydrogens is 236 g/mol. The van der Waals surface area contributed by atoms with Gasteiger partial charge in [-0.15, -0.1) is 13.2 Å². The zero-order valence-corrected chi connectivity index (χ0v) is 11.9. The smallest absolute Gasteiger partial charge is 0.0568 e. The van der Waals surface area contributed by atoms with Crippen molar-refractivity contribution in [3.05, 3.63) is 25.3 Å². The summed E-state index contributed by atoms with van der Waals surface area (Å²) in [5.41, 5.74) is 0. The normalized spacial score (nSPS) is 43.7. The number of hydrogen-bond acceptors (Lipinski definition) is 2. The molecule has 2 rings (SSSR count). The van der Waals surface area contributed by atoms with E-state index in [0.717, 1.165) is 44.9 Å². The van der Waals surface area contributed by atoms with Crippen LogP contribution in [0.1, 0.15) is 44.9 Å². The maximum absolute atomic E-state index is 10.2. The third-order valence-corrected chi connectivity index (χ3v) is 5.24. The fourth-order valence-corrected chi connectivity index (χ4v) is 3.89. The topological polar surface area (TPSA) is 40.5 Å². The van der Waals surface area contributed by atoms with E-state index in [1.807, 2.05) is 12.2 Å². The maximum atomic E-state index is 10.2. The van der Waals surface area contributed by atoms with Crippen LogP contribution in [0.4, 0.5) is 0 Å². The molecule has 0 heterocycles. The minimum Gasteiger partial charge on any atom is -0.393 e. The van der Waals surface area contributed by atoms with Crippen LogP contribution in [-0.4, -0.2) is 22.4 Å². The van der Waals surface area contributed by atoms with Crippen molar-refractivity contribution in [2.75, 3.05) is 0 Å². The summed E-state index contributed by atoms with van der Waals surface area (Å²) in [6.07, 6.45) is 10.6. The molecule has 2 aliphatic rings. The molecule has 0 aromatic carbocycles. The van der Waals surface area contributed by atoms with Gasteiger partial charge in [0, 0.05) is 0 Å². The van der Waals surface area contributed by atoms with Gasteiger partial charge >= 0.3 is 0 Å². The summed E-state index contributed by atoms with van der Waals surface area (Å²) in [6.45, 7) is 7.77. The Morgan fingerprint density at radius 1 is 0.789 bits per heavy atom. The molecule has 0 aliphatic heterocycles. The van der Waals surface area contributed by atoms with Gasteiger partial charge in [0.2, 0.25) is 0 Å². The molecule has 0 aromatic rings. The van der Waals surface area contributed by atoms with E-state index in [2.05, 4.69) is 13.2 Å². The SMILES string of the molecule is C=CC1CCC(O)C(CC2CC(C=C)CCC2O)C1. The molecule has 0 radical (unpaired) electrons. The molecule has 0 spiro atoms. The van der Waals surface area contributed by atoms with Gasteiger partial charge in [-0.3, -0.25) is 0 Å². The van der Waals surface area contributed by atoms with Gasteiger partial charge in [-0.2, -0.15) is 0 Å². The van der Waals surface area contributed by atoms with Crippen molar-refractivity contribution in [2.45, 2.75) is 57.2 Å². The van der Waals surface area contributed by atoms with Crippen LogP contribution in [0.15, 0.2) is 25.3 Å². The first kappa shape index (κ1) is 14.8. The largest absolute Gasteiger partial charge is 0.393 e. The van der Waals surface area contributed by atoms with Gasteiger partial charge in [0.05, 0.1) is 12.2 Å². The van der Waals surface area contributed by atoms with Crippen LogP contribution in [0, 0.1) is 23.7 Å². The molecule has 2 fully saturated rings. The van der Waals surface area contributed by atoms with Crippen LogP contribution in [0.2, 0.25) is 0 Å². The Kier molecular flexibility index (Phi) is 5.23. The van der Waals surface area contributed by atoms with Crippen LogP contribution >= 0.6 is 0 Å². The predicted octanol–water partition coefficient (Wildman–Crippen LogP) is 3.30. The van der Waals surface area contributed by atoms with Crippen LogP contribution in [-0.2, 0) is 0 Å². The summed E-state index contributed by atoms with van der Waals surface area (Å²) < 4.78 is 0. The van der Waals surface area contributed by atoms with E-state index in [9.17, 15) is 10.2 Å². The zero-order chi connectivity index (χ0) is 13.8. The average Bonchev–Trinajstić information content (AvgIpc) is 2.43. The molecule has 2 saturated carbocycles.